The molecule has 0 atom stereocenters. The molecule has 1 fully saturated rings. The van der Waals surface area contributed by atoms with Gasteiger partial charge in [-0.25, -0.2) is 4.98 Å². The van der Waals surface area contributed by atoms with Crippen molar-refractivity contribution in [2.24, 2.45) is 0 Å². The highest BCUT2D eigenvalue weighted by Gasteiger charge is 2.24. The molecule has 2 heterocycles. The average molecular weight is 465 g/mol. The minimum absolute atomic E-state index is 0.0229. The van der Waals surface area contributed by atoms with Crippen molar-refractivity contribution < 1.29 is 23.9 Å². The normalized spacial score (nSPS) is 13.2. The summed E-state index contributed by atoms with van der Waals surface area (Å²) in [5.41, 5.74) is 1.75. The Bertz CT molecular complexity index is 1010. The van der Waals surface area contributed by atoms with Crippen molar-refractivity contribution in [2.45, 2.75) is 26.2 Å². The van der Waals surface area contributed by atoms with Gasteiger partial charge < -0.3 is 15.4 Å². The van der Waals surface area contributed by atoms with Crippen LogP contribution in [0, 0.1) is 6.92 Å². The lowest BCUT2D eigenvalue weighted by Crippen LogP contribution is -2.35. The Hall–Kier alpha value is -2.98. The van der Waals surface area contributed by atoms with Gasteiger partial charge in [-0.05, 0) is 31.0 Å². The summed E-state index contributed by atoms with van der Waals surface area (Å²) in [6, 6.07) is 5.12. The van der Waals surface area contributed by atoms with Gasteiger partial charge in [0, 0.05) is 29.1 Å². The standard InChI is InChI=1S/C20H21ClN4O5S/c1-12-14(21)4-2-5-15(12)24-16(26)9-22-17(27)10-30-19(29)8-13-11-31-20(23-13)25-7-3-6-18(25)28/h2,4-5,11H,3,6-10H2,1H3,(H,22,27)(H,24,26). The number of carbonyl (C=O) groups is 4. The van der Waals surface area contributed by atoms with E-state index in [0.29, 0.717) is 34.5 Å². The fourth-order valence-corrected chi connectivity index (χ4v) is 3.91. The lowest BCUT2D eigenvalue weighted by Gasteiger charge is -2.10. The van der Waals surface area contributed by atoms with Crippen LogP contribution in [0.2, 0.25) is 5.02 Å². The number of hydrogen-bond donors (Lipinski definition) is 2. The van der Waals surface area contributed by atoms with Crippen molar-refractivity contribution >= 4 is 57.4 Å². The molecule has 0 spiro atoms. The maximum atomic E-state index is 12.0. The van der Waals surface area contributed by atoms with Crippen molar-refractivity contribution in [1.82, 2.24) is 10.3 Å². The van der Waals surface area contributed by atoms with Crippen molar-refractivity contribution in [3.05, 3.63) is 39.9 Å². The summed E-state index contributed by atoms with van der Waals surface area (Å²) in [6.07, 6.45) is 1.19. The molecule has 1 aliphatic heterocycles. The van der Waals surface area contributed by atoms with Crippen molar-refractivity contribution in [1.29, 1.82) is 0 Å². The second-order valence-corrected chi connectivity index (χ2v) is 8.09. The van der Waals surface area contributed by atoms with Crippen LogP contribution in [0.4, 0.5) is 10.8 Å². The van der Waals surface area contributed by atoms with Gasteiger partial charge in [-0.1, -0.05) is 17.7 Å². The van der Waals surface area contributed by atoms with Gasteiger partial charge in [0.2, 0.25) is 11.8 Å². The Labute approximate surface area is 187 Å². The van der Waals surface area contributed by atoms with Gasteiger partial charge in [-0.15, -0.1) is 11.3 Å². The van der Waals surface area contributed by atoms with Crippen molar-refractivity contribution in [2.75, 3.05) is 29.9 Å². The van der Waals surface area contributed by atoms with Crippen LogP contribution in [0.15, 0.2) is 23.6 Å². The summed E-state index contributed by atoms with van der Waals surface area (Å²) >= 11 is 7.29. The van der Waals surface area contributed by atoms with Crippen LogP contribution in [0.25, 0.3) is 0 Å². The number of carbonyl (C=O) groups excluding carboxylic acids is 4. The van der Waals surface area contributed by atoms with E-state index in [0.717, 1.165) is 12.0 Å². The third-order valence-corrected chi connectivity index (χ3v) is 5.84. The summed E-state index contributed by atoms with van der Waals surface area (Å²) in [6.45, 7) is 1.61. The van der Waals surface area contributed by atoms with E-state index in [9.17, 15) is 19.2 Å². The molecule has 2 aromatic rings. The predicted molar refractivity (Wildman–Crippen MR) is 116 cm³/mol. The molecule has 0 unspecified atom stereocenters. The molecule has 1 aromatic carbocycles. The maximum absolute atomic E-state index is 12.0. The van der Waals surface area contributed by atoms with Crippen molar-refractivity contribution in [3.8, 4) is 0 Å². The second kappa shape index (κ2) is 10.4. The number of rotatable bonds is 8. The van der Waals surface area contributed by atoms with E-state index < -0.39 is 24.4 Å². The Balaban J connectivity index is 1.38. The van der Waals surface area contributed by atoms with Crippen LogP contribution in [0.1, 0.15) is 24.1 Å². The number of ether oxygens (including phenoxy) is 1. The second-order valence-electron chi connectivity index (χ2n) is 6.85. The quantitative estimate of drug-likeness (QED) is 0.577. The molecule has 2 N–H and O–H groups in total. The molecular formula is C20H21ClN4O5S. The highest BCUT2D eigenvalue weighted by Crippen LogP contribution is 2.25. The number of nitrogens with one attached hydrogen (secondary N) is 2. The molecular weight excluding hydrogens is 444 g/mol. The summed E-state index contributed by atoms with van der Waals surface area (Å²) in [7, 11) is 0. The van der Waals surface area contributed by atoms with Crippen LogP contribution in [-0.4, -0.2) is 48.4 Å². The topological polar surface area (TPSA) is 118 Å². The van der Waals surface area contributed by atoms with E-state index in [-0.39, 0.29) is 18.9 Å². The molecule has 3 amide bonds. The number of benzene rings is 1. The highest BCUT2D eigenvalue weighted by atomic mass is 35.5. The van der Waals surface area contributed by atoms with Gasteiger partial charge in [0.15, 0.2) is 11.7 Å². The maximum Gasteiger partial charge on any atom is 0.312 e. The molecule has 0 bridgehead atoms. The fraction of sp³-hybridized carbons (Fsp3) is 0.350. The van der Waals surface area contributed by atoms with Gasteiger partial charge >= 0.3 is 5.97 Å². The third-order valence-electron chi connectivity index (χ3n) is 4.52. The van der Waals surface area contributed by atoms with E-state index in [1.165, 1.54) is 11.3 Å². The van der Waals surface area contributed by atoms with E-state index in [1.807, 2.05) is 0 Å². The molecule has 1 saturated heterocycles. The first-order valence-corrected chi connectivity index (χ1v) is 10.8. The van der Waals surface area contributed by atoms with Gasteiger partial charge in [0.25, 0.3) is 5.91 Å². The van der Waals surface area contributed by atoms with Gasteiger partial charge in [0.05, 0.1) is 18.7 Å². The zero-order valence-electron chi connectivity index (χ0n) is 16.8. The molecule has 9 nitrogen and oxygen atoms in total. The largest absolute Gasteiger partial charge is 0.455 e. The minimum atomic E-state index is -0.626. The number of esters is 1. The van der Waals surface area contributed by atoms with Crippen LogP contribution in [-0.2, 0) is 30.3 Å². The highest BCUT2D eigenvalue weighted by molar-refractivity contribution is 7.14. The zero-order valence-corrected chi connectivity index (χ0v) is 18.3. The summed E-state index contributed by atoms with van der Waals surface area (Å²) in [5.74, 6) is -1.64. The number of hydrogen-bond acceptors (Lipinski definition) is 7. The number of amides is 3. The molecule has 164 valence electrons. The summed E-state index contributed by atoms with van der Waals surface area (Å²) < 4.78 is 4.93. The smallest absolute Gasteiger partial charge is 0.312 e. The van der Waals surface area contributed by atoms with Crippen LogP contribution in [0.5, 0.6) is 0 Å². The van der Waals surface area contributed by atoms with Gasteiger partial charge in [-0.3, -0.25) is 24.1 Å². The van der Waals surface area contributed by atoms with Gasteiger partial charge in [-0.2, -0.15) is 0 Å². The predicted octanol–water partition coefficient (Wildman–Crippen LogP) is 2.07. The Kier molecular flexibility index (Phi) is 7.59. The molecule has 3 rings (SSSR count). The summed E-state index contributed by atoms with van der Waals surface area (Å²) in [4.78, 5) is 53.4. The Morgan fingerprint density at radius 2 is 2.10 bits per heavy atom. The average Bonchev–Trinajstić information content (AvgIpc) is 3.37. The molecule has 1 aliphatic rings. The number of anilines is 2. The monoisotopic (exact) mass is 464 g/mol. The molecule has 11 heteroatoms. The molecule has 0 saturated carbocycles. The number of nitrogens with zero attached hydrogens (tertiary/aromatic N) is 2. The number of thiazole rings is 1. The first-order valence-electron chi connectivity index (χ1n) is 9.55. The van der Waals surface area contributed by atoms with E-state index in [1.54, 1.807) is 35.4 Å². The molecule has 31 heavy (non-hydrogen) atoms. The fourth-order valence-electron chi connectivity index (χ4n) is 2.86. The SMILES string of the molecule is Cc1c(Cl)cccc1NC(=O)CNC(=O)COC(=O)Cc1csc(N2CCCC2=O)n1. The first kappa shape index (κ1) is 22.7. The van der Waals surface area contributed by atoms with Crippen LogP contribution in [0.3, 0.4) is 0 Å². The first-order chi connectivity index (χ1) is 14.8. The third kappa shape index (κ3) is 6.25. The Morgan fingerprint density at radius 3 is 2.84 bits per heavy atom. The molecule has 0 aliphatic carbocycles. The minimum Gasteiger partial charge on any atom is -0.455 e. The van der Waals surface area contributed by atoms with E-state index in [4.69, 9.17) is 16.3 Å². The Morgan fingerprint density at radius 1 is 1.29 bits per heavy atom. The zero-order chi connectivity index (χ0) is 22.4. The summed E-state index contributed by atoms with van der Waals surface area (Å²) in [5, 5.41) is 7.80. The molecule has 1 aromatic heterocycles. The van der Waals surface area contributed by atoms with Crippen LogP contribution >= 0.6 is 22.9 Å². The lowest BCUT2D eigenvalue weighted by atomic mass is 10.2. The van der Waals surface area contributed by atoms with Crippen molar-refractivity contribution in [3.63, 3.8) is 0 Å². The van der Waals surface area contributed by atoms with Crippen LogP contribution < -0.4 is 15.5 Å². The molecule has 0 radical (unpaired) electrons. The lowest BCUT2D eigenvalue weighted by molar-refractivity contribution is -0.147. The number of aromatic nitrogens is 1. The van der Waals surface area contributed by atoms with Gasteiger partial charge in [0.1, 0.15) is 0 Å². The van der Waals surface area contributed by atoms with E-state index in [2.05, 4.69) is 15.6 Å². The van der Waals surface area contributed by atoms with E-state index >= 15 is 0 Å². The number of halogens is 1.